The van der Waals surface area contributed by atoms with Gasteiger partial charge in [0.25, 0.3) is 5.91 Å². The molecule has 1 saturated carbocycles. The third kappa shape index (κ3) is 3.01. The van der Waals surface area contributed by atoms with Gasteiger partial charge in [0.1, 0.15) is 4.32 Å². The number of thiocarbonyl (C=S) groups is 1. The van der Waals surface area contributed by atoms with Crippen molar-refractivity contribution in [2.24, 2.45) is 5.92 Å². The van der Waals surface area contributed by atoms with Gasteiger partial charge in [-0.25, -0.2) is 0 Å². The second kappa shape index (κ2) is 6.44. The lowest BCUT2D eigenvalue weighted by atomic mass is 9.93. The molecule has 0 aromatic rings. The molecular weight excluding hydrogens is 286 g/mol. The van der Waals surface area contributed by atoms with E-state index in [1.54, 1.807) is 0 Å². The minimum atomic E-state index is 0.168. The third-order valence-corrected chi connectivity index (χ3v) is 5.81. The summed E-state index contributed by atoms with van der Waals surface area (Å²) in [4.78, 5) is 15.4. The Balaban J connectivity index is 1.72. The van der Waals surface area contributed by atoms with Crippen LogP contribution in [-0.4, -0.2) is 21.2 Å². The summed E-state index contributed by atoms with van der Waals surface area (Å²) in [5.74, 6) is 0.682. The maximum atomic E-state index is 12.6. The van der Waals surface area contributed by atoms with Crippen molar-refractivity contribution in [1.82, 2.24) is 4.90 Å². The summed E-state index contributed by atoms with van der Waals surface area (Å²) >= 11 is 6.97. The Kier molecular flexibility index (Phi) is 4.61. The van der Waals surface area contributed by atoms with Crippen LogP contribution in [0.4, 0.5) is 0 Å². The SMILES string of the molecule is O=C1/C(=C\[C@@H]2CC=CCC2)SC(=S)N1C1CCCCC1. The van der Waals surface area contributed by atoms with Gasteiger partial charge >= 0.3 is 0 Å². The fraction of sp³-hybridized carbons (Fsp3) is 0.625. The zero-order valence-corrected chi connectivity index (χ0v) is 13.3. The Bertz CT molecular complexity index is 463. The quantitative estimate of drug-likeness (QED) is 0.428. The number of amides is 1. The molecule has 0 unspecified atom stereocenters. The second-order valence-electron chi connectivity index (χ2n) is 5.91. The molecule has 1 aliphatic heterocycles. The Morgan fingerprint density at radius 1 is 1.20 bits per heavy atom. The standard InChI is InChI=1S/C16H21NOS2/c18-15-14(11-12-7-3-1-4-8-12)20-16(19)17(15)13-9-5-2-6-10-13/h1,3,11-13H,2,4-10H2/b14-11+/t12-/m1/s1. The first-order valence-electron chi connectivity index (χ1n) is 7.68. The van der Waals surface area contributed by atoms with E-state index in [2.05, 4.69) is 18.2 Å². The van der Waals surface area contributed by atoms with Crippen molar-refractivity contribution in [3.63, 3.8) is 0 Å². The molecule has 1 saturated heterocycles. The number of carbonyl (C=O) groups excluding carboxylic acids is 1. The van der Waals surface area contributed by atoms with E-state index in [1.807, 2.05) is 4.90 Å². The molecule has 2 fully saturated rings. The van der Waals surface area contributed by atoms with Crippen LogP contribution in [0.2, 0.25) is 0 Å². The van der Waals surface area contributed by atoms with Crippen LogP contribution in [0, 0.1) is 5.92 Å². The molecule has 0 N–H and O–H groups in total. The fourth-order valence-electron chi connectivity index (χ4n) is 3.33. The van der Waals surface area contributed by atoms with Crippen LogP contribution < -0.4 is 0 Å². The number of rotatable bonds is 2. The zero-order valence-electron chi connectivity index (χ0n) is 11.7. The maximum Gasteiger partial charge on any atom is 0.266 e. The second-order valence-corrected chi connectivity index (χ2v) is 7.59. The van der Waals surface area contributed by atoms with Gasteiger partial charge in [0.15, 0.2) is 0 Å². The third-order valence-electron chi connectivity index (χ3n) is 4.46. The number of carbonyl (C=O) groups is 1. The highest BCUT2D eigenvalue weighted by atomic mass is 32.2. The smallest absolute Gasteiger partial charge is 0.266 e. The summed E-state index contributed by atoms with van der Waals surface area (Å²) in [6.07, 6.45) is 16.0. The molecule has 2 nitrogen and oxygen atoms in total. The minimum absolute atomic E-state index is 0.168. The average Bonchev–Trinajstić information content (AvgIpc) is 2.75. The van der Waals surface area contributed by atoms with E-state index in [0.29, 0.717) is 12.0 Å². The molecule has 0 aromatic carbocycles. The molecule has 4 heteroatoms. The molecule has 0 bridgehead atoms. The predicted octanol–water partition coefficient (Wildman–Crippen LogP) is 4.42. The lowest BCUT2D eigenvalue weighted by Gasteiger charge is -2.29. The molecule has 3 rings (SSSR count). The summed E-state index contributed by atoms with van der Waals surface area (Å²) in [6, 6.07) is 0.355. The summed E-state index contributed by atoms with van der Waals surface area (Å²) in [5, 5.41) is 0. The van der Waals surface area contributed by atoms with Crippen molar-refractivity contribution in [2.75, 3.05) is 0 Å². The van der Waals surface area contributed by atoms with Crippen LogP contribution in [0.15, 0.2) is 23.1 Å². The summed E-state index contributed by atoms with van der Waals surface area (Å²) < 4.78 is 0.777. The molecule has 0 aromatic heterocycles. The summed E-state index contributed by atoms with van der Waals surface area (Å²) in [6.45, 7) is 0. The monoisotopic (exact) mass is 307 g/mol. The lowest BCUT2D eigenvalue weighted by Crippen LogP contribution is -2.39. The van der Waals surface area contributed by atoms with Crippen molar-refractivity contribution < 1.29 is 4.79 Å². The molecule has 0 spiro atoms. The molecule has 108 valence electrons. The van der Waals surface area contributed by atoms with Gasteiger partial charge < -0.3 is 0 Å². The molecule has 1 atom stereocenters. The van der Waals surface area contributed by atoms with E-state index in [9.17, 15) is 4.79 Å². The number of thioether (sulfide) groups is 1. The van der Waals surface area contributed by atoms with Gasteiger partial charge in [0, 0.05) is 6.04 Å². The van der Waals surface area contributed by atoms with E-state index < -0.39 is 0 Å². The van der Waals surface area contributed by atoms with Gasteiger partial charge in [-0.05, 0) is 38.0 Å². The van der Waals surface area contributed by atoms with Gasteiger partial charge in [0.05, 0.1) is 4.91 Å². The van der Waals surface area contributed by atoms with Crippen molar-refractivity contribution in [2.45, 2.75) is 57.4 Å². The van der Waals surface area contributed by atoms with E-state index in [0.717, 1.165) is 41.3 Å². The number of allylic oxidation sites excluding steroid dienone is 3. The summed E-state index contributed by atoms with van der Waals surface area (Å²) in [5.41, 5.74) is 0. The van der Waals surface area contributed by atoms with E-state index in [4.69, 9.17) is 12.2 Å². The largest absolute Gasteiger partial charge is 0.290 e. The Hall–Kier alpha value is -0.610. The topological polar surface area (TPSA) is 20.3 Å². The molecule has 3 aliphatic rings. The normalized spacial score (nSPS) is 30.5. The van der Waals surface area contributed by atoms with Crippen LogP contribution >= 0.6 is 24.0 Å². The molecule has 0 radical (unpaired) electrons. The van der Waals surface area contributed by atoms with Crippen LogP contribution in [0.25, 0.3) is 0 Å². The van der Waals surface area contributed by atoms with Crippen molar-refractivity contribution in [3.05, 3.63) is 23.1 Å². The van der Waals surface area contributed by atoms with Crippen LogP contribution in [-0.2, 0) is 4.79 Å². The first-order valence-corrected chi connectivity index (χ1v) is 8.90. The first kappa shape index (κ1) is 14.3. The molecular formula is C16H21NOS2. The molecule has 2 aliphatic carbocycles. The Morgan fingerprint density at radius 2 is 2.00 bits per heavy atom. The van der Waals surface area contributed by atoms with Crippen molar-refractivity contribution >= 4 is 34.2 Å². The fourth-order valence-corrected chi connectivity index (χ4v) is 4.80. The number of nitrogens with zero attached hydrogens (tertiary/aromatic N) is 1. The predicted molar refractivity (Wildman–Crippen MR) is 88.5 cm³/mol. The Labute approximate surface area is 130 Å². The highest BCUT2D eigenvalue weighted by Gasteiger charge is 2.37. The zero-order chi connectivity index (χ0) is 13.9. The Morgan fingerprint density at radius 3 is 2.70 bits per heavy atom. The van der Waals surface area contributed by atoms with Gasteiger partial charge in [0.2, 0.25) is 0 Å². The number of hydrogen-bond acceptors (Lipinski definition) is 3. The maximum absolute atomic E-state index is 12.6. The van der Waals surface area contributed by atoms with Crippen LogP contribution in [0.1, 0.15) is 51.4 Å². The van der Waals surface area contributed by atoms with Crippen molar-refractivity contribution in [1.29, 1.82) is 0 Å². The highest BCUT2D eigenvalue weighted by molar-refractivity contribution is 8.26. The first-order chi connectivity index (χ1) is 9.75. The van der Waals surface area contributed by atoms with Crippen LogP contribution in [0.5, 0.6) is 0 Å². The minimum Gasteiger partial charge on any atom is -0.290 e. The van der Waals surface area contributed by atoms with Gasteiger partial charge in [-0.3, -0.25) is 9.69 Å². The average molecular weight is 307 g/mol. The van der Waals surface area contributed by atoms with E-state index >= 15 is 0 Å². The van der Waals surface area contributed by atoms with Crippen LogP contribution in [0.3, 0.4) is 0 Å². The molecule has 20 heavy (non-hydrogen) atoms. The van der Waals surface area contributed by atoms with Gasteiger partial charge in [-0.2, -0.15) is 0 Å². The molecule has 1 amide bonds. The van der Waals surface area contributed by atoms with E-state index in [1.165, 1.54) is 31.0 Å². The number of hydrogen-bond donors (Lipinski definition) is 0. The van der Waals surface area contributed by atoms with Gasteiger partial charge in [-0.15, -0.1) is 0 Å². The van der Waals surface area contributed by atoms with Gasteiger partial charge in [-0.1, -0.05) is 61.5 Å². The highest BCUT2D eigenvalue weighted by Crippen LogP contribution is 2.37. The van der Waals surface area contributed by atoms with E-state index in [-0.39, 0.29) is 5.91 Å². The molecule has 1 heterocycles. The summed E-state index contributed by atoms with van der Waals surface area (Å²) in [7, 11) is 0. The lowest BCUT2D eigenvalue weighted by molar-refractivity contribution is -0.124. The van der Waals surface area contributed by atoms with Crippen molar-refractivity contribution in [3.8, 4) is 0 Å².